The Kier molecular flexibility index (Phi) is 1.34. The van der Waals surface area contributed by atoms with Gasteiger partial charge < -0.3 is 0 Å². The van der Waals surface area contributed by atoms with E-state index in [9.17, 15) is 0 Å². The average molecular weight is 101 g/mol. The zero-order chi connectivity index (χ0) is 5.82. The molecule has 0 saturated carbocycles. The van der Waals surface area contributed by atoms with Crippen molar-refractivity contribution in [3.05, 3.63) is 35.9 Å². The molecule has 0 aliphatic heterocycles. The fraction of sp³-hybridized carbons (Fsp3) is 0. The smallest absolute Gasteiger partial charge is 0.0321 e. The second-order valence-corrected chi connectivity index (χ2v) is 1.42. The van der Waals surface area contributed by atoms with Crippen LogP contribution in [0, 0.1) is 18.4 Å². The van der Waals surface area contributed by atoms with Gasteiger partial charge in [0.05, 0.1) is 0 Å². The average Bonchev–Trinajstić information content (AvgIpc) is 1.90. The van der Waals surface area contributed by atoms with Crippen LogP contribution < -0.4 is 0 Å². The summed E-state index contributed by atoms with van der Waals surface area (Å²) in [5, 5.41) is 0. The minimum Gasteiger partial charge on any atom is -0.115 e. The van der Waals surface area contributed by atoms with Crippen molar-refractivity contribution >= 4 is 0 Å². The highest BCUT2D eigenvalue weighted by molar-refractivity contribution is 5.29. The van der Waals surface area contributed by atoms with E-state index in [0.717, 1.165) is 5.56 Å². The van der Waals surface area contributed by atoms with Gasteiger partial charge in [0.1, 0.15) is 0 Å². The number of benzene rings is 1. The molecule has 37 valence electrons. The van der Waals surface area contributed by atoms with E-state index in [1.165, 1.54) is 0 Å². The summed E-state index contributed by atoms with van der Waals surface area (Å²) in [6.07, 6.45) is 5.07. The molecule has 0 fully saturated rings. The van der Waals surface area contributed by atoms with Crippen LogP contribution in [0.1, 0.15) is 5.56 Å². The first kappa shape index (κ1) is 4.93. The Morgan fingerprint density at radius 1 is 1.50 bits per heavy atom. The lowest BCUT2D eigenvalue weighted by Crippen LogP contribution is -1.67. The van der Waals surface area contributed by atoms with E-state index in [4.69, 9.17) is 6.42 Å². The first-order valence-electron chi connectivity index (χ1n) is 2.37. The topological polar surface area (TPSA) is 0 Å². The molecule has 0 unspecified atom stereocenters. The zero-order valence-corrected chi connectivity index (χ0v) is 4.39. The molecule has 0 aliphatic rings. The van der Waals surface area contributed by atoms with E-state index >= 15 is 0 Å². The molecule has 1 aromatic rings. The predicted octanol–water partition coefficient (Wildman–Crippen LogP) is 1.47. The van der Waals surface area contributed by atoms with Crippen LogP contribution in [0.15, 0.2) is 24.3 Å². The molecule has 8 heavy (non-hydrogen) atoms. The summed E-state index contributed by atoms with van der Waals surface area (Å²) in [5.74, 6) is 2.47. The molecule has 0 heterocycles. The molecule has 0 spiro atoms. The van der Waals surface area contributed by atoms with E-state index < -0.39 is 0 Å². The summed E-state index contributed by atoms with van der Waals surface area (Å²) in [5.41, 5.74) is 0.813. The van der Waals surface area contributed by atoms with Crippen molar-refractivity contribution in [2.45, 2.75) is 0 Å². The van der Waals surface area contributed by atoms with Gasteiger partial charge in [-0.05, 0) is 12.1 Å². The number of terminal acetylenes is 1. The Hall–Kier alpha value is -1.22. The van der Waals surface area contributed by atoms with Gasteiger partial charge in [0.25, 0.3) is 0 Å². The summed E-state index contributed by atoms with van der Waals surface area (Å²) < 4.78 is 0. The summed E-state index contributed by atoms with van der Waals surface area (Å²) in [6.45, 7) is 0. The third-order valence-corrected chi connectivity index (χ3v) is 0.865. The lowest BCUT2D eigenvalue weighted by molar-refractivity contribution is 1.63. The largest absolute Gasteiger partial charge is 0.115 e. The van der Waals surface area contributed by atoms with Crippen molar-refractivity contribution < 1.29 is 0 Å². The molecule has 0 bridgehead atoms. The number of rotatable bonds is 0. The number of hydrogen-bond acceptors (Lipinski definition) is 0. The maximum absolute atomic E-state index is 5.07. The highest BCUT2D eigenvalue weighted by atomic mass is 13.8. The fourth-order valence-electron chi connectivity index (χ4n) is 0.483. The molecule has 0 aromatic heterocycles. The van der Waals surface area contributed by atoms with E-state index in [2.05, 4.69) is 12.0 Å². The van der Waals surface area contributed by atoms with E-state index in [-0.39, 0.29) is 0 Å². The van der Waals surface area contributed by atoms with Crippen LogP contribution in [0.3, 0.4) is 0 Å². The van der Waals surface area contributed by atoms with Gasteiger partial charge in [-0.15, -0.1) is 6.42 Å². The molecule has 0 nitrogen and oxygen atoms in total. The maximum atomic E-state index is 5.07. The quantitative estimate of drug-likeness (QED) is 0.434. The standard InChI is InChI=1S/C8H5/c1-2-8-6-4-3-5-7-8/h1,3-6H. The Balaban J connectivity index is 3.05. The molecule has 0 aliphatic carbocycles. The third-order valence-electron chi connectivity index (χ3n) is 0.865. The molecular formula is C8H5. The molecule has 0 N–H and O–H groups in total. The molecular weight excluding hydrogens is 96.1 g/mol. The van der Waals surface area contributed by atoms with Gasteiger partial charge in [-0.1, -0.05) is 24.1 Å². The highest BCUT2D eigenvalue weighted by Gasteiger charge is 1.77. The van der Waals surface area contributed by atoms with Crippen LogP contribution in [0.5, 0.6) is 0 Å². The predicted molar refractivity (Wildman–Crippen MR) is 33.2 cm³/mol. The summed E-state index contributed by atoms with van der Waals surface area (Å²) >= 11 is 0. The second kappa shape index (κ2) is 2.18. The Morgan fingerprint density at radius 2 is 2.38 bits per heavy atom. The van der Waals surface area contributed by atoms with Crippen LogP contribution in [0.4, 0.5) is 0 Å². The van der Waals surface area contributed by atoms with Gasteiger partial charge in [-0.2, -0.15) is 0 Å². The molecule has 0 atom stereocenters. The Labute approximate surface area is 49.2 Å². The minimum absolute atomic E-state index is 0.813. The zero-order valence-electron chi connectivity index (χ0n) is 4.39. The van der Waals surface area contributed by atoms with Crippen LogP contribution in [0.2, 0.25) is 0 Å². The first-order valence-corrected chi connectivity index (χ1v) is 2.37. The summed E-state index contributed by atoms with van der Waals surface area (Å²) in [7, 11) is 0. The van der Waals surface area contributed by atoms with Crippen molar-refractivity contribution in [2.24, 2.45) is 0 Å². The van der Waals surface area contributed by atoms with Gasteiger partial charge in [0.15, 0.2) is 0 Å². The van der Waals surface area contributed by atoms with Crippen LogP contribution in [0.25, 0.3) is 0 Å². The van der Waals surface area contributed by atoms with Crippen LogP contribution >= 0.6 is 0 Å². The fourth-order valence-corrected chi connectivity index (χ4v) is 0.483. The second-order valence-electron chi connectivity index (χ2n) is 1.42. The van der Waals surface area contributed by atoms with Crippen molar-refractivity contribution in [1.82, 2.24) is 0 Å². The third kappa shape index (κ3) is 0.886. The molecule has 0 amide bonds. The van der Waals surface area contributed by atoms with E-state index in [1.54, 1.807) is 6.07 Å². The number of hydrogen-bond donors (Lipinski definition) is 0. The molecule has 1 radical (unpaired) electrons. The van der Waals surface area contributed by atoms with E-state index in [1.807, 2.05) is 18.2 Å². The lowest BCUT2D eigenvalue weighted by Gasteiger charge is -1.81. The van der Waals surface area contributed by atoms with Gasteiger partial charge in [0, 0.05) is 5.56 Å². The first-order chi connectivity index (χ1) is 3.93. The lowest BCUT2D eigenvalue weighted by atomic mass is 10.2. The van der Waals surface area contributed by atoms with Gasteiger partial charge >= 0.3 is 0 Å². The van der Waals surface area contributed by atoms with Crippen molar-refractivity contribution in [3.8, 4) is 12.3 Å². The van der Waals surface area contributed by atoms with Crippen molar-refractivity contribution in [2.75, 3.05) is 0 Å². The Morgan fingerprint density at radius 3 is 2.75 bits per heavy atom. The molecule has 0 saturated heterocycles. The van der Waals surface area contributed by atoms with Crippen LogP contribution in [-0.4, -0.2) is 0 Å². The summed E-state index contributed by atoms with van der Waals surface area (Å²) in [6, 6.07) is 10.3. The SMILES string of the molecule is C#Cc1[c]cccc1. The van der Waals surface area contributed by atoms with E-state index in [0.29, 0.717) is 0 Å². The molecule has 1 aromatic carbocycles. The molecule has 0 heteroatoms. The van der Waals surface area contributed by atoms with Crippen molar-refractivity contribution in [3.63, 3.8) is 0 Å². The normalized spacial score (nSPS) is 7.88. The van der Waals surface area contributed by atoms with Gasteiger partial charge in [-0.25, -0.2) is 0 Å². The summed E-state index contributed by atoms with van der Waals surface area (Å²) in [4.78, 5) is 0. The van der Waals surface area contributed by atoms with Crippen molar-refractivity contribution in [1.29, 1.82) is 0 Å². The Bertz CT molecular complexity index is 191. The monoisotopic (exact) mass is 101 g/mol. The highest BCUT2D eigenvalue weighted by Crippen LogP contribution is 1.91. The van der Waals surface area contributed by atoms with Crippen LogP contribution in [-0.2, 0) is 0 Å². The minimum atomic E-state index is 0.813. The molecule has 1 rings (SSSR count). The maximum Gasteiger partial charge on any atom is 0.0321 e. The van der Waals surface area contributed by atoms with Gasteiger partial charge in [0.2, 0.25) is 0 Å². The van der Waals surface area contributed by atoms with Gasteiger partial charge in [-0.3, -0.25) is 0 Å².